The first-order valence-corrected chi connectivity index (χ1v) is 10.8. The zero-order chi connectivity index (χ0) is 22.8. The fourth-order valence-corrected chi connectivity index (χ4v) is 4.42. The number of carboxylic acids is 1. The van der Waals surface area contributed by atoms with Crippen LogP contribution in [-0.4, -0.2) is 47.0 Å². The predicted octanol–water partition coefficient (Wildman–Crippen LogP) is 4.90. The second-order valence-corrected chi connectivity index (χ2v) is 8.47. The smallest absolute Gasteiger partial charge is 0.326 e. The first-order chi connectivity index (χ1) is 15.4. The number of aromatic nitrogens is 1. The third-order valence-electron chi connectivity index (χ3n) is 5.84. The molecule has 0 spiro atoms. The number of likely N-dealkylation sites (tertiary alicyclic amines) is 1. The number of benzene rings is 2. The normalized spacial score (nSPS) is 17.9. The lowest BCUT2D eigenvalue weighted by Crippen LogP contribution is -2.41. The summed E-state index contributed by atoms with van der Waals surface area (Å²) in [6.07, 6.45) is 2.73. The van der Waals surface area contributed by atoms with Crippen LogP contribution in [0.1, 0.15) is 34.8 Å². The van der Waals surface area contributed by atoms with Crippen molar-refractivity contribution in [1.82, 2.24) is 9.88 Å². The van der Waals surface area contributed by atoms with Gasteiger partial charge in [-0.2, -0.15) is 0 Å². The largest absolute Gasteiger partial charge is 0.480 e. The maximum Gasteiger partial charge on any atom is 0.326 e. The molecule has 32 heavy (non-hydrogen) atoms. The van der Waals surface area contributed by atoms with Gasteiger partial charge in [-0.05, 0) is 54.3 Å². The quantitative estimate of drug-likeness (QED) is 0.599. The summed E-state index contributed by atoms with van der Waals surface area (Å²) in [5.74, 6) is -0.455. The van der Waals surface area contributed by atoms with Crippen LogP contribution < -0.4 is 4.90 Å². The molecule has 6 nitrogen and oxygen atoms in total. The molecule has 1 unspecified atom stereocenters. The van der Waals surface area contributed by atoms with Gasteiger partial charge in [-0.1, -0.05) is 41.9 Å². The van der Waals surface area contributed by atoms with Crippen LogP contribution in [0.3, 0.4) is 0 Å². The van der Waals surface area contributed by atoms with Crippen LogP contribution in [0.15, 0.2) is 66.9 Å². The van der Waals surface area contributed by atoms with Crippen LogP contribution >= 0.6 is 11.6 Å². The van der Waals surface area contributed by atoms with Crippen molar-refractivity contribution in [2.75, 3.05) is 19.0 Å². The number of aliphatic carboxylic acids is 1. The number of carbonyl (C=O) groups excluding carboxylic acids is 1. The molecule has 1 aliphatic rings. The molecule has 4 rings (SSSR count). The Labute approximate surface area is 192 Å². The zero-order valence-corrected chi connectivity index (χ0v) is 18.7. The molecule has 164 valence electrons. The molecule has 2 atom stereocenters. The van der Waals surface area contributed by atoms with Crippen LogP contribution in [0, 0.1) is 0 Å². The summed E-state index contributed by atoms with van der Waals surface area (Å²) >= 11 is 6.37. The molecule has 0 aliphatic carbocycles. The van der Waals surface area contributed by atoms with E-state index in [0.29, 0.717) is 23.4 Å². The topological polar surface area (TPSA) is 73.7 Å². The minimum absolute atomic E-state index is 0.313. The van der Waals surface area contributed by atoms with Gasteiger partial charge in [0.15, 0.2) is 0 Å². The number of anilines is 1. The number of carboxylic acid groups (broad SMARTS) is 1. The Kier molecular flexibility index (Phi) is 6.15. The van der Waals surface area contributed by atoms with Gasteiger partial charge >= 0.3 is 5.97 Å². The fraction of sp³-hybridized carbons (Fsp3) is 0.240. The van der Waals surface area contributed by atoms with E-state index in [2.05, 4.69) is 4.98 Å². The van der Waals surface area contributed by atoms with Crippen molar-refractivity contribution in [2.45, 2.75) is 24.9 Å². The lowest BCUT2D eigenvalue weighted by Gasteiger charge is -2.29. The monoisotopic (exact) mass is 449 g/mol. The Morgan fingerprint density at radius 1 is 1.00 bits per heavy atom. The molecular weight excluding hydrogens is 426 g/mol. The predicted molar refractivity (Wildman–Crippen MR) is 125 cm³/mol. The van der Waals surface area contributed by atoms with Crippen molar-refractivity contribution in [2.24, 2.45) is 0 Å². The number of carbonyl (C=O) groups is 2. The lowest BCUT2D eigenvalue weighted by molar-refractivity contribution is -0.141. The summed E-state index contributed by atoms with van der Waals surface area (Å²) in [5, 5.41) is 10.3. The second-order valence-electron chi connectivity index (χ2n) is 8.06. The van der Waals surface area contributed by atoms with Crippen molar-refractivity contribution in [3.8, 4) is 11.1 Å². The standard InChI is InChI=1S/C25H24ClN3O3/c1-28(2)23-14-11-18(15-27-23)16-7-9-17(10-8-16)24(30)29-21(12-13-22(29)25(31)32)19-5-3-4-6-20(19)26/h3-11,14-15,21-22H,12-13H2,1-2H3,(H,31,32)/t21?,22-/m0/s1. The molecule has 7 heteroatoms. The maximum absolute atomic E-state index is 13.4. The molecule has 1 fully saturated rings. The SMILES string of the molecule is CN(C)c1ccc(-c2ccc(C(=O)N3C(c4ccccc4Cl)CC[C@H]3C(=O)O)cc2)cn1. The first kappa shape index (κ1) is 21.8. The van der Waals surface area contributed by atoms with E-state index in [1.165, 1.54) is 4.90 Å². The van der Waals surface area contributed by atoms with Crippen molar-refractivity contribution in [3.63, 3.8) is 0 Å². The highest BCUT2D eigenvalue weighted by Gasteiger charge is 2.42. The van der Waals surface area contributed by atoms with Crippen LogP contribution in [0.25, 0.3) is 11.1 Å². The average Bonchev–Trinajstić information content (AvgIpc) is 3.24. The lowest BCUT2D eigenvalue weighted by atomic mass is 10.0. The van der Waals surface area contributed by atoms with E-state index < -0.39 is 12.0 Å². The third-order valence-corrected chi connectivity index (χ3v) is 6.18. The van der Waals surface area contributed by atoms with Gasteiger partial charge < -0.3 is 14.9 Å². The van der Waals surface area contributed by atoms with Crippen LogP contribution in [-0.2, 0) is 4.79 Å². The second kappa shape index (κ2) is 9.01. The third kappa shape index (κ3) is 4.18. The van der Waals surface area contributed by atoms with Gasteiger partial charge in [0.25, 0.3) is 5.91 Å². The fourth-order valence-electron chi connectivity index (χ4n) is 4.16. The van der Waals surface area contributed by atoms with Gasteiger partial charge in [-0.25, -0.2) is 9.78 Å². The summed E-state index contributed by atoms with van der Waals surface area (Å²) in [4.78, 5) is 33.1. The summed E-state index contributed by atoms with van der Waals surface area (Å²) in [6.45, 7) is 0. The average molecular weight is 450 g/mol. The van der Waals surface area contributed by atoms with Gasteiger partial charge in [0.1, 0.15) is 11.9 Å². The minimum Gasteiger partial charge on any atom is -0.480 e. The van der Waals surface area contributed by atoms with E-state index in [4.69, 9.17) is 11.6 Å². The van der Waals surface area contributed by atoms with Crippen LogP contribution in [0.2, 0.25) is 5.02 Å². The molecule has 0 saturated carbocycles. The summed E-state index contributed by atoms with van der Waals surface area (Å²) in [7, 11) is 3.86. The summed E-state index contributed by atoms with van der Waals surface area (Å²) in [5.41, 5.74) is 3.08. The van der Waals surface area contributed by atoms with E-state index in [1.807, 2.05) is 61.5 Å². The molecule has 1 saturated heterocycles. The Hall–Kier alpha value is -3.38. The summed E-state index contributed by atoms with van der Waals surface area (Å²) < 4.78 is 0. The van der Waals surface area contributed by atoms with E-state index in [1.54, 1.807) is 24.4 Å². The highest BCUT2D eigenvalue weighted by atomic mass is 35.5. The van der Waals surface area contributed by atoms with Gasteiger partial charge in [0, 0.05) is 36.4 Å². The van der Waals surface area contributed by atoms with Crippen molar-refractivity contribution in [1.29, 1.82) is 0 Å². The number of halogens is 1. The number of amides is 1. The molecule has 0 radical (unpaired) electrons. The molecular formula is C25H24ClN3O3. The zero-order valence-electron chi connectivity index (χ0n) is 17.9. The first-order valence-electron chi connectivity index (χ1n) is 10.4. The van der Waals surface area contributed by atoms with Gasteiger partial charge in [0.05, 0.1) is 6.04 Å². The van der Waals surface area contributed by atoms with Gasteiger partial charge in [-0.3, -0.25) is 4.79 Å². The highest BCUT2D eigenvalue weighted by Crippen LogP contribution is 2.40. The Bertz CT molecular complexity index is 1130. The minimum atomic E-state index is -1.00. The Morgan fingerprint density at radius 3 is 2.28 bits per heavy atom. The molecule has 1 aromatic heterocycles. The number of nitrogens with zero attached hydrogens (tertiary/aromatic N) is 3. The molecule has 3 aromatic rings. The number of pyridine rings is 1. The van der Waals surface area contributed by atoms with E-state index in [9.17, 15) is 14.7 Å². The van der Waals surface area contributed by atoms with Crippen molar-refractivity contribution < 1.29 is 14.7 Å². The summed E-state index contributed by atoms with van der Waals surface area (Å²) in [6, 6.07) is 17.1. The Morgan fingerprint density at radius 2 is 1.69 bits per heavy atom. The van der Waals surface area contributed by atoms with Crippen molar-refractivity contribution >= 4 is 29.3 Å². The molecule has 1 aliphatic heterocycles. The number of hydrogen-bond acceptors (Lipinski definition) is 4. The van der Waals surface area contributed by atoms with Crippen LogP contribution in [0.4, 0.5) is 5.82 Å². The van der Waals surface area contributed by atoms with E-state index >= 15 is 0 Å². The molecule has 1 N–H and O–H groups in total. The molecule has 1 amide bonds. The molecule has 2 heterocycles. The maximum atomic E-state index is 13.4. The van der Waals surface area contributed by atoms with E-state index in [0.717, 1.165) is 22.5 Å². The highest BCUT2D eigenvalue weighted by molar-refractivity contribution is 6.31. The van der Waals surface area contributed by atoms with E-state index in [-0.39, 0.29) is 11.9 Å². The molecule has 2 aromatic carbocycles. The Balaban J connectivity index is 1.62. The van der Waals surface area contributed by atoms with Gasteiger partial charge in [0.2, 0.25) is 0 Å². The van der Waals surface area contributed by atoms with Gasteiger partial charge in [-0.15, -0.1) is 0 Å². The van der Waals surface area contributed by atoms with Crippen molar-refractivity contribution in [3.05, 3.63) is 83.0 Å². The molecule has 0 bridgehead atoms. The van der Waals surface area contributed by atoms with Crippen LogP contribution in [0.5, 0.6) is 0 Å². The number of hydrogen-bond donors (Lipinski definition) is 1. The number of rotatable bonds is 5.